The van der Waals surface area contributed by atoms with Crippen LogP contribution in [-0.4, -0.2) is 10.9 Å². The monoisotopic (exact) mass is 229 g/mol. The third-order valence-electron chi connectivity index (χ3n) is 1.64. The second-order valence-corrected chi connectivity index (χ2v) is 3.17. The molecule has 0 aromatic heterocycles. The van der Waals surface area contributed by atoms with Crippen molar-refractivity contribution in [2.45, 2.75) is 12.5 Å². The molecule has 0 aliphatic carbocycles. The van der Waals surface area contributed by atoms with Crippen LogP contribution in [0, 0.1) is 10.1 Å². The minimum absolute atomic E-state index is 0.0366. The predicted molar refractivity (Wildman–Crippen MR) is 53.5 cm³/mol. The summed E-state index contributed by atoms with van der Waals surface area (Å²) in [5.74, 6) is -0.506. The van der Waals surface area contributed by atoms with Gasteiger partial charge in [0.2, 0.25) is 5.56 Å². The van der Waals surface area contributed by atoms with Crippen LogP contribution >= 0.6 is 11.6 Å². The van der Waals surface area contributed by atoms with Gasteiger partial charge < -0.3 is 4.74 Å². The van der Waals surface area contributed by atoms with Gasteiger partial charge in [-0.2, -0.15) is 0 Å². The van der Waals surface area contributed by atoms with Crippen LogP contribution in [-0.2, 0) is 9.53 Å². The number of rotatable bonds is 3. The van der Waals surface area contributed by atoms with Crippen LogP contribution in [0.5, 0.6) is 0 Å². The van der Waals surface area contributed by atoms with E-state index in [4.69, 9.17) is 16.3 Å². The highest BCUT2D eigenvalue weighted by atomic mass is 35.5. The fourth-order valence-corrected chi connectivity index (χ4v) is 1.23. The van der Waals surface area contributed by atoms with Crippen molar-refractivity contribution in [3.05, 3.63) is 39.9 Å². The first-order chi connectivity index (χ1) is 7.00. The smallest absolute Gasteiger partial charge is 0.304 e. The zero-order valence-corrected chi connectivity index (χ0v) is 8.60. The molecule has 0 fully saturated rings. The fourth-order valence-electron chi connectivity index (χ4n) is 0.961. The molecule has 0 spiro atoms. The summed E-state index contributed by atoms with van der Waals surface area (Å²) in [6.07, 6.45) is 0. The SMILES string of the molecule is CC(=O)OC(Cl)c1ccc([N+](=O)[O-])cc1. The molecule has 1 aromatic carbocycles. The van der Waals surface area contributed by atoms with E-state index in [1.54, 1.807) is 0 Å². The number of benzene rings is 1. The summed E-state index contributed by atoms with van der Waals surface area (Å²) in [5.41, 5.74) is -0.453. The molecule has 15 heavy (non-hydrogen) atoms. The highest BCUT2D eigenvalue weighted by molar-refractivity contribution is 6.20. The average Bonchev–Trinajstić information content (AvgIpc) is 2.17. The van der Waals surface area contributed by atoms with Gasteiger partial charge in [0.15, 0.2) is 0 Å². The second kappa shape index (κ2) is 4.75. The largest absolute Gasteiger partial charge is 0.442 e. The molecule has 80 valence electrons. The first-order valence-corrected chi connectivity index (χ1v) is 4.50. The quantitative estimate of drug-likeness (QED) is 0.345. The number of carbonyl (C=O) groups excluding carboxylic acids is 1. The highest BCUT2D eigenvalue weighted by Crippen LogP contribution is 2.23. The van der Waals surface area contributed by atoms with Gasteiger partial charge in [0, 0.05) is 24.6 Å². The summed E-state index contributed by atoms with van der Waals surface area (Å²) >= 11 is 5.72. The third kappa shape index (κ3) is 3.21. The maximum atomic E-state index is 10.6. The number of nitro groups is 1. The number of esters is 1. The minimum Gasteiger partial charge on any atom is -0.442 e. The summed E-state index contributed by atoms with van der Waals surface area (Å²) in [6.45, 7) is 1.24. The van der Waals surface area contributed by atoms with E-state index in [0.717, 1.165) is 0 Å². The summed E-state index contributed by atoms with van der Waals surface area (Å²) < 4.78 is 4.69. The lowest BCUT2D eigenvalue weighted by Crippen LogP contribution is -2.02. The Morgan fingerprint density at radius 1 is 1.47 bits per heavy atom. The van der Waals surface area contributed by atoms with E-state index >= 15 is 0 Å². The lowest BCUT2D eigenvalue weighted by atomic mass is 10.2. The van der Waals surface area contributed by atoms with E-state index in [0.29, 0.717) is 5.56 Å². The normalized spacial score (nSPS) is 11.9. The maximum absolute atomic E-state index is 10.6. The zero-order valence-electron chi connectivity index (χ0n) is 7.84. The van der Waals surface area contributed by atoms with Gasteiger partial charge in [0.25, 0.3) is 5.69 Å². The number of halogens is 1. The molecule has 1 aromatic rings. The molecule has 0 radical (unpaired) electrons. The van der Waals surface area contributed by atoms with Crippen LogP contribution in [0.25, 0.3) is 0 Å². The zero-order chi connectivity index (χ0) is 11.4. The Morgan fingerprint density at radius 3 is 2.40 bits per heavy atom. The molecule has 0 aliphatic rings. The van der Waals surface area contributed by atoms with Gasteiger partial charge in [-0.15, -0.1) is 0 Å². The van der Waals surface area contributed by atoms with Crippen LogP contribution < -0.4 is 0 Å². The van der Waals surface area contributed by atoms with Crippen LogP contribution in [0.4, 0.5) is 5.69 Å². The standard InChI is InChI=1S/C9H8ClNO4/c1-6(12)15-9(10)7-2-4-8(5-3-7)11(13)14/h2-5,9H,1H3. The average molecular weight is 230 g/mol. The van der Waals surface area contributed by atoms with Gasteiger partial charge in [0.05, 0.1) is 4.92 Å². The molecule has 0 aliphatic heterocycles. The lowest BCUT2D eigenvalue weighted by molar-refractivity contribution is -0.384. The molecule has 0 saturated carbocycles. The Morgan fingerprint density at radius 2 is 2.00 bits per heavy atom. The van der Waals surface area contributed by atoms with E-state index in [2.05, 4.69) is 0 Å². The summed E-state index contributed by atoms with van der Waals surface area (Å²) in [7, 11) is 0. The van der Waals surface area contributed by atoms with Crippen molar-refractivity contribution in [3.8, 4) is 0 Å². The number of nitrogens with zero attached hydrogens (tertiary/aromatic N) is 1. The Kier molecular flexibility index (Phi) is 3.62. The maximum Gasteiger partial charge on any atom is 0.304 e. The molecule has 1 rings (SSSR count). The number of ether oxygens (including phenoxy) is 1. The van der Waals surface area contributed by atoms with Crippen molar-refractivity contribution < 1.29 is 14.5 Å². The molecule has 0 saturated heterocycles. The predicted octanol–water partition coefficient (Wildman–Crippen LogP) is 2.40. The molecular weight excluding hydrogens is 222 g/mol. The molecule has 6 heteroatoms. The van der Waals surface area contributed by atoms with Crippen LogP contribution in [0.3, 0.4) is 0 Å². The number of non-ortho nitro benzene ring substituents is 1. The van der Waals surface area contributed by atoms with Crippen LogP contribution in [0.1, 0.15) is 18.1 Å². The Balaban J connectivity index is 2.79. The van der Waals surface area contributed by atoms with Crippen molar-refractivity contribution in [2.24, 2.45) is 0 Å². The molecule has 0 bridgehead atoms. The summed E-state index contributed by atoms with van der Waals surface area (Å²) in [4.78, 5) is 20.4. The first-order valence-electron chi connectivity index (χ1n) is 4.06. The first kappa shape index (κ1) is 11.5. The highest BCUT2D eigenvalue weighted by Gasteiger charge is 2.12. The third-order valence-corrected chi connectivity index (χ3v) is 1.98. The molecular formula is C9H8ClNO4. The van der Waals surface area contributed by atoms with E-state index in [9.17, 15) is 14.9 Å². The topological polar surface area (TPSA) is 69.4 Å². The summed E-state index contributed by atoms with van der Waals surface area (Å²) in [5, 5.41) is 10.3. The van der Waals surface area contributed by atoms with Gasteiger partial charge in [0.1, 0.15) is 0 Å². The van der Waals surface area contributed by atoms with E-state index in [1.165, 1.54) is 31.2 Å². The van der Waals surface area contributed by atoms with Crippen LogP contribution in [0.2, 0.25) is 0 Å². The van der Waals surface area contributed by atoms with E-state index in [1.807, 2.05) is 0 Å². The van der Waals surface area contributed by atoms with Gasteiger partial charge in [-0.25, -0.2) is 0 Å². The van der Waals surface area contributed by atoms with Crippen molar-refractivity contribution in [3.63, 3.8) is 0 Å². The number of hydrogen-bond acceptors (Lipinski definition) is 4. The fraction of sp³-hybridized carbons (Fsp3) is 0.222. The Bertz CT molecular complexity index is 376. The summed E-state index contributed by atoms with van der Waals surface area (Å²) in [6, 6.07) is 5.49. The second-order valence-electron chi connectivity index (χ2n) is 2.77. The van der Waals surface area contributed by atoms with Gasteiger partial charge in [-0.3, -0.25) is 14.9 Å². The number of carbonyl (C=O) groups is 1. The lowest BCUT2D eigenvalue weighted by Gasteiger charge is -2.08. The molecule has 1 unspecified atom stereocenters. The molecule has 1 atom stereocenters. The Hall–Kier alpha value is -1.62. The Labute approximate surface area is 90.8 Å². The van der Waals surface area contributed by atoms with Crippen molar-refractivity contribution in [1.29, 1.82) is 0 Å². The number of nitro benzene ring substituents is 1. The number of alkyl halides is 1. The number of hydrogen-bond donors (Lipinski definition) is 0. The van der Waals surface area contributed by atoms with Crippen molar-refractivity contribution >= 4 is 23.3 Å². The van der Waals surface area contributed by atoms with Crippen molar-refractivity contribution in [2.75, 3.05) is 0 Å². The van der Waals surface area contributed by atoms with Gasteiger partial charge in [-0.1, -0.05) is 11.6 Å². The van der Waals surface area contributed by atoms with E-state index < -0.39 is 16.5 Å². The molecule has 0 N–H and O–H groups in total. The van der Waals surface area contributed by atoms with Gasteiger partial charge >= 0.3 is 5.97 Å². The molecule has 5 nitrogen and oxygen atoms in total. The molecule has 0 heterocycles. The minimum atomic E-state index is -0.914. The van der Waals surface area contributed by atoms with Crippen molar-refractivity contribution in [1.82, 2.24) is 0 Å². The van der Waals surface area contributed by atoms with Gasteiger partial charge in [-0.05, 0) is 12.1 Å². The van der Waals surface area contributed by atoms with Crippen LogP contribution in [0.15, 0.2) is 24.3 Å². The van der Waals surface area contributed by atoms with E-state index in [-0.39, 0.29) is 5.69 Å². The molecule has 0 amide bonds.